The molecule has 4 nitrogen and oxygen atoms in total. The van der Waals surface area contributed by atoms with E-state index in [4.69, 9.17) is 9.15 Å². The smallest absolute Gasteiger partial charge is 0.278 e. The summed E-state index contributed by atoms with van der Waals surface area (Å²) in [6, 6.07) is 0. The highest BCUT2D eigenvalue weighted by Gasteiger charge is 2.22. The van der Waals surface area contributed by atoms with Crippen LogP contribution >= 0.6 is 22.6 Å². The van der Waals surface area contributed by atoms with E-state index in [9.17, 15) is 0 Å². The predicted octanol–water partition coefficient (Wildman–Crippen LogP) is 1.53. The minimum Gasteiger partial charge on any atom is -0.414 e. The second kappa shape index (κ2) is 3.06. The molecule has 0 aliphatic carbocycles. The van der Waals surface area contributed by atoms with Gasteiger partial charge in [0.15, 0.2) is 0 Å². The largest absolute Gasteiger partial charge is 0.414 e. The fraction of sp³-hybridized carbons (Fsp3) is 0.667. The molecule has 1 fully saturated rings. The number of halogens is 1. The van der Waals surface area contributed by atoms with E-state index >= 15 is 0 Å². The third-order valence-corrected chi connectivity index (χ3v) is 2.06. The summed E-state index contributed by atoms with van der Waals surface area (Å²) in [7, 11) is 0. The molecule has 1 unspecified atom stereocenters. The molecule has 1 aliphatic heterocycles. The van der Waals surface area contributed by atoms with Gasteiger partial charge in [0, 0.05) is 29.2 Å². The van der Waals surface area contributed by atoms with Crippen LogP contribution in [0.25, 0.3) is 0 Å². The van der Waals surface area contributed by atoms with Crippen molar-refractivity contribution in [3.8, 4) is 0 Å². The number of hydrogen-bond donors (Lipinski definition) is 0. The molecule has 0 bridgehead atoms. The standard InChI is InChI=1S/C6H7IN2O2/c7-6-9-8-5(11-6)4-2-1-3-10-4/h4H,1-3H2. The molecule has 0 spiro atoms. The average molecular weight is 266 g/mol. The molecule has 1 aliphatic rings. The zero-order chi connectivity index (χ0) is 7.68. The molecule has 1 aromatic rings. The van der Waals surface area contributed by atoms with Crippen molar-refractivity contribution in [2.45, 2.75) is 18.9 Å². The summed E-state index contributed by atoms with van der Waals surface area (Å²) in [5, 5.41) is 7.60. The fourth-order valence-electron chi connectivity index (χ4n) is 1.12. The summed E-state index contributed by atoms with van der Waals surface area (Å²) < 4.78 is 11.1. The van der Waals surface area contributed by atoms with Crippen LogP contribution in [0.2, 0.25) is 0 Å². The average Bonchev–Trinajstić information content (AvgIpc) is 2.55. The first-order valence-electron chi connectivity index (χ1n) is 3.47. The van der Waals surface area contributed by atoms with Gasteiger partial charge in [-0.2, -0.15) is 0 Å². The molecule has 1 atom stereocenters. The van der Waals surface area contributed by atoms with Gasteiger partial charge < -0.3 is 9.15 Å². The Kier molecular flexibility index (Phi) is 2.08. The first-order valence-corrected chi connectivity index (χ1v) is 4.54. The Morgan fingerprint density at radius 2 is 2.36 bits per heavy atom. The van der Waals surface area contributed by atoms with Crippen molar-refractivity contribution in [1.29, 1.82) is 0 Å². The van der Waals surface area contributed by atoms with Gasteiger partial charge in [-0.05, 0) is 12.8 Å². The van der Waals surface area contributed by atoms with Gasteiger partial charge in [0.1, 0.15) is 6.10 Å². The maximum atomic E-state index is 5.35. The summed E-state index contributed by atoms with van der Waals surface area (Å²) in [4.78, 5) is 0. The Morgan fingerprint density at radius 1 is 1.45 bits per heavy atom. The highest BCUT2D eigenvalue weighted by Crippen LogP contribution is 2.27. The third kappa shape index (κ3) is 1.53. The van der Waals surface area contributed by atoms with Crippen LogP contribution in [-0.4, -0.2) is 16.8 Å². The van der Waals surface area contributed by atoms with Gasteiger partial charge in [0.2, 0.25) is 5.89 Å². The first kappa shape index (κ1) is 7.48. The third-order valence-electron chi connectivity index (χ3n) is 1.62. The lowest BCUT2D eigenvalue weighted by molar-refractivity contribution is 0.0882. The van der Waals surface area contributed by atoms with Crippen LogP contribution in [0.3, 0.4) is 0 Å². The summed E-state index contributed by atoms with van der Waals surface area (Å²) in [6.45, 7) is 0.809. The highest BCUT2D eigenvalue weighted by molar-refractivity contribution is 14.1. The van der Waals surface area contributed by atoms with Gasteiger partial charge in [-0.1, -0.05) is 0 Å². The molecule has 0 aromatic carbocycles. The van der Waals surface area contributed by atoms with Crippen molar-refractivity contribution in [3.63, 3.8) is 0 Å². The van der Waals surface area contributed by atoms with Gasteiger partial charge in [-0.25, -0.2) is 0 Å². The predicted molar refractivity (Wildman–Crippen MR) is 44.9 cm³/mol. The van der Waals surface area contributed by atoms with E-state index in [1.54, 1.807) is 0 Å². The molecular formula is C6H7IN2O2. The summed E-state index contributed by atoms with van der Waals surface area (Å²) in [5.41, 5.74) is 0. The van der Waals surface area contributed by atoms with Crippen molar-refractivity contribution in [2.75, 3.05) is 6.61 Å². The zero-order valence-electron chi connectivity index (χ0n) is 5.79. The first-order chi connectivity index (χ1) is 5.36. The number of hydrogen-bond acceptors (Lipinski definition) is 4. The van der Waals surface area contributed by atoms with Crippen LogP contribution in [0.15, 0.2) is 4.42 Å². The normalized spacial score (nSPS) is 24.3. The van der Waals surface area contributed by atoms with Crippen molar-refractivity contribution in [1.82, 2.24) is 10.2 Å². The molecule has 0 N–H and O–H groups in total. The Hall–Kier alpha value is -0.170. The van der Waals surface area contributed by atoms with E-state index in [0.717, 1.165) is 19.4 Å². The van der Waals surface area contributed by atoms with Gasteiger partial charge in [0.25, 0.3) is 3.90 Å². The number of aromatic nitrogens is 2. The van der Waals surface area contributed by atoms with Crippen LogP contribution in [0.5, 0.6) is 0 Å². The molecular weight excluding hydrogens is 259 g/mol. The zero-order valence-corrected chi connectivity index (χ0v) is 7.95. The summed E-state index contributed by atoms with van der Waals surface area (Å²) in [5.74, 6) is 0.618. The molecule has 0 radical (unpaired) electrons. The monoisotopic (exact) mass is 266 g/mol. The van der Waals surface area contributed by atoms with Crippen molar-refractivity contribution in [2.24, 2.45) is 0 Å². The molecule has 1 saturated heterocycles. The van der Waals surface area contributed by atoms with E-state index in [1.165, 1.54) is 0 Å². The van der Waals surface area contributed by atoms with Gasteiger partial charge >= 0.3 is 0 Å². The van der Waals surface area contributed by atoms with Crippen molar-refractivity contribution >= 4 is 22.6 Å². The molecule has 5 heteroatoms. The highest BCUT2D eigenvalue weighted by atomic mass is 127. The number of nitrogens with zero attached hydrogens (tertiary/aromatic N) is 2. The van der Waals surface area contributed by atoms with E-state index in [1.807, 2.05) is 22.6 Å². The van der Waals surface area contributed by atoms with Crippen molar-refractivity contribution < 1.29 is 9.15 Å². The molecule has 0 amide bonds. The molecule has 2 heterocycles. The van der Waals surface area contributed by atoms with E-state index < -0.39 is 0 Å². The second-order valence-electron chi connectivity index (χ2n) is 2.39. The molecule has 0 saturated carbocycles. The lowest BCUT2D eigenvalue weighted by atomic mass is 10.2. The number of rotatable bonds is 1. The van der Waals surface area contributed by atoms with Crippen LogP contribution in [0, 0.1) is 3.90 Å². The lowest BCUT2D eigenvalue weighted by Gasteiger charge is -2.00. The van der Waals surface area contributed by atoms with E-state index in [-0.39, 0.29) is 6.10 Å². The fourth-order valence-corrected chi connectivity index (χ4v) is 1.45. The van der Waals surface area contributed by atoms with Gasteiger partial charge in [-0.3, -0.25) is 0 Å². The maximum absolute atomic E-state index is 5.35. The van der Waals surface area contributed by atoms with Crippen LogP contribution in [0.1, 0.15) is 24.8 Å². The Labute approximate surface area is 77.5 Å². The second-order valence-corrected chi connectivity index (χ2v) is 3.32. The number of ether oxygens (including phenoxy) is 1. The lowest BCUT2D eigenvalue weighted by Crippen LogP contribution is -1.95. The van der Waals surface area contributed by atoms with Crippen LogP contribution in [-0.2, 0) is 4.74 Å². The summed E-state index contributed by atoms with van der Waals surface area (Å²) in [6.07, 6.45) is 2.13. The molecule has 2 rings (SSSR count). The maximum Gasteiger partial charge on any atom is 0.278 e. The Morgan fingerprint density at radius 3 is 2.91 bits per heavy atom. The summed E-state index contributed by atoms with van der Waals surface area (Å²) >= 11 is 1.99. The van der Waals surface area contributed by atoms with Crippen LogP contribution in [0.4, 0.5) is 0 Å². The topological polar surface area (TPSA) is 48.2 Å². The minimum atomic E-state index is 0.0472. The van der Waals surface area contributed by atoms with Gasteiger partial charge in [-0.15, -0.1) is 10.2 Å². The van der Waals surface area contributed by atoms with E-state index in [2.05, 4.69) is 10.2 Å². The van der Waals surface area contributed by atoms with Crippen molar-refractivity contribution in [3.05, 3.63) is 9.79 Å². The Balaban J connectivity index is 2.15. The minimum absolute atomic E-state index is 0.0472. The SMILES string of the molecule is Ic1nnc(C2CCCO2)o1. The Bertz CT molecular complexity index is 244. The van der Waals surface area contributed by atoms with Gasteiger partial charge in [0.05, 0.1) is 0 Å². The van der Waals surface area contributed by atoms with E-state index in [0.29, 0.717) is 9.79 Å². The van der Waals surface area contributed by atoms with Crippen LogP contribution < -0.4 is 0 Å². The molecule has 11 heavy (non-hydrogen) atoms. The quantitative estimate of drug-likeness (QED) is 0.723. The molecule has 60 valence electrons. The molecule has 1 aromatic heterocycles.